The molecule has 1 aliphatic carbocycles. The molecule has 134 valence electrons. The minimum Gasteiger partial charge on any atom is -0.461 e. The van der Waals surface area contributed by atoms with Gasteiger partial charge in [0.15, 0.2) is 5.76 Å². The van der Waals surface area contributed by atoms with Crippen molar-refractivity contribution in [3.8, 4) is 11.6 Å². The van der Waals surface area contributed by atoms with Gasteiger partial charge >= 0.3 is 5.69 Å². The van der Waals surface area contributed by atoms with Crippen molar-refractivity contribution in [3.63, 3.8) is 0 Å². The van der Waals surface area contributed by atoms with Crippen LogP contribution in [0.5, 0.6) is 0 Å². The minimum absolute atomic E-state index is 0.158. The smallest absolute Gasteiger partial charge is 0.346 e. The van der Waals surface area contributed by atoms with E-state index in [4.69, 9.17) is 4.42 Å². The maximum Gasteiger partial charge on any atom is 0.346 e. The number of amides is 1. The Bertz CT molecular complexity index is 969. The minimum atomic E-state index is -0.399. The molecule has 1 fully saturated rings. The Labute approximate surface area is 148 Å². The number of nitrogens with one attached hydrogen (secondary N) is 1. The molecule has 4 rings (SSSR count). The Balaban J connectivity index is 1.47. The molecule has 0 atom stereocenters. The zero-order valence-electron chi connectivity index (χ0n) is 13.9. The van der Waals surface area contributed by atoms with E-state index in [1.165, 1.54) is 28.9 Å². The number of aromatic nitrogens is 3. The fraction of sp³-hybridized carbons (Fsp3) is 0.278. The summed E-state index contributed by atoms with van der Waals surface area (Å²) in [4.78, 5) is 24.7. The molecule has 0 aliphatic heterocycles. The number of carbonyl (C=O) groups excluding carboxylic acids is 1. The van der Waals surface area contributed by atoms with Gasteiger partial charge in [0.25, 0.3) is 5.91 Å². The van der Waals surface area contributed by atoms with Gasteiger partial charge in [-0.25, -0.2) is 13.9 Å². The molecule has 0 radical (unpaired) electrons. The lowest BCUT2D eigenvalue weighted by molar-refractivity contribution is 0.0951. The number of rotatable bonds is 6. The average molecular weight is 356 g/mol. The van der Waals surface area contributed by atoms with Crippen molar-refractivity contribution in [2.45, 2.75) is 25.4 Å². The highest BCUT2D eigenvalue weighted by Crippen LogP contribution is 2.36. The normalized spacial score (nSPS) is 13.7. The first kappa shape index (κ1) is 16.3. The molecule has 1 amide bonds. The largest absolute Gasteiger partial charge is 0.461 e. The number of halogens is 1. The second-order valence-corrected chi connectivity index (χ2v) is 6.17. The highest BCUT2D eigenvalue weighted by atomic mass is 19.1. The second kappa shape index (κ2) is 6.62. The van der Waals surface area contributed by atoms with Gasteiger partial charge in [0, 0.05) is 18.2 Å². The zero-order chi connectivity index (χ0) is 18.1. The van der Waals surface area contributed by atoms with E-state index in [9.17, 15) is 14.0 Å². The molecular weight excluding hydrogens is 339 g/mol. The van der Waals surface area contributed by atoms with Crippen LogP contribution < -0.4 is 11.0 Å². The molecule has 1 aliphatic rings. The second-order valence-electron chi connectivity index (χ2n) is 6.17. The van der Waals surface area contributed by atoms with Crippen LogP contribution in [0.3, 0.4) is 0 Å². The van der Waals surface area contributed by atoms with E-state index in [-0.39, 0.29) is 30.7 Å². The van der Waals surface area contributed by atoms with Crippen LogP contribution in [0.1, 0.15) is 29.2 Å². The van der Waals surface area contributed by atoms with Gasteiger partial charge in [0.2, 0.25) is 5.82 Å². The first-order valence-corrected chi connectivity index (χ1v) is 8.40. The van der Waals surface area contributed by atoms with Crippen molar-refractivity contribution < 1.29 is 13.6 Å². The number of furan rings is 1. The molecule has 2 heterocycles. The summed E-state index contributed by atoms with van der Waals surface area (Å²) in [5.41, 5.74) is 0.147. The Hall–Kier alpha value is -3.16. The van der Waals surface area contributed by atoms with Crippen LogP contribution in [0, 0.1) is 5.82 Å². The molecule has 1 aromatic carbocycles. The zero-order valence-corrected chi connectivity index (χ0v) is 13.9. The molecule has 1 saturated carbocycles. The molecule has 3 aromatic rings. The van der Waals surface area contributed by atoms with E-state index >= 15 is 0 Å². The van der Waals surface area contributed by atoms with E-state index in [2.05, 4.69) is 10.4 Å². The van der Waals surface area contributed by atoms with Crippen molar-refractivity contribution in [2.24, 2.45) is 0 Å². The Morgan fingerprint density at radius 1 is 1.27 bits per heavy atom. The van der Waals surface area contributed by atoms with Gasteiger partial charge in [0.1, 0.15) is 5.82 Å². The third kappa shape index (κ3) is 3.17. The van der Waals surface area contributed by atoms with Crippen molar-refractivity contribution >= 4 is 5.91 Å². The summed E-state index contributed by atoms with van der Waals surface area (Å²) in [5.74, 6) is 0.325. The number of hydrogen-bond donors (Lipinski definition) is 1. The fourth-order valence-electron chi connectivity index (χ4n) is 2.78. The summed E-state index contributed by atoms with van der Waals surface area (Å²) < 4.78 is 21.3. The molecule has 0 saturated heterocycles. The Kier molecular flexibility index (Phi) is 4.16. The third-order valence-electron chi connectivity index (χ3n) is 4.24. The predicted octanol–water partition coefficient (Wildman–Crippen LogP) is 2.21. The van der Waals surface area contributed by atoms with Crippen LogP contribution in [-0.2, 0) is 6.54 Å². The van der Waals surface area contributed by atoms with Crippen LogP contribution in [0.2, 0.25) is 0 Å². The van der Waals surface area contributed by atoms with Gasteiger partial charge in [-0.05, 0) is 49.2 Å². The quantitative estimate of drug-likeness (QED) is 0.734. The molecule has 0 spiro atoms. The lowest BCUT2D eigenvalue weighted by Crippen LogP contribution is -2.32. The summed E-state index contributed by atoms with van der Waals surface area (Å²) in [6.07, 6.45) is 3.43. The van der Waals surface area contributed by atoms with Crippen LogP contribution >= 0.6 is 0 Å². The van der Waals surface area contributed by atoms with E-state index in [0.717, 1.165) is 12.8 Å². The number of benzene rings is 1. The molecule has 7 nitrogen and oxygen atoms in total. The van der Waals surface area contributed by atoms with Gasteiger partial charge in [-0.2, -0.15) is 0 Å². The van der Waals surface area contributed by atoms with Crippen LogP contribution in [-0.4, -0.2) is 26.8 Å². The van der Waals surface area contributed by atoms with E-state index in [0.29, 0.717) is 17.1 Å². The lowest BCUT2D eigenvalue weighted by Gasteiger charge is -2.04. The highest BCUT2D eigenvalue weighted by Gasteiger charge is 2.31. The number of carbonyl (C=O) groups is 1. The standard InChI is InChI=1S/C18H17FN4O3/c19-13-5-3-12(4-6-13)17(24)20-9-10-22-18(25)23(14-7-8-14)16(21-22)15-2-1-11-26-15/h1-6,11,14H,7-10H2,(H,20,24). The lowest BCUT2D eigenvalue weighted by atomic mass is 10.2. The summed E-state index contributed by atoms with van der Waals surface area (Å²) in [6.45, 7) is 0.467. The molecule has 0 unspecified atom stereocenters. The monoisotopic (exact) mass is 356 g/mol. The SMILES string of the molecule is O=C(NCCn1nc(-c2ccco2)n(C2CC2)c1=O)c1ccc(F)cc1. The summed E-state index contributed by atoms with van der Waals surface area (Å²) in [7, 11) is 0. The summed E-state index contributed by atoms with van der Waals surface area (Å²) in [5, 5.41) is 7.08. The Morgan fingerprint density at radius 3 is 2.69 bits per heavy atom. The number of nitrogens with zero attached hydrogens (tertiary/aromatic N) is 3. The van der Waals surface area contributed by atoms with Crippen molar-refractivity contribution in [1.82, 2.24) is 19.7 Å². The van der Waals surface area contributed by atoms with E-state index in [1.807, 2.05) is 0 Å². The van der Waals surface area contributed by atoms with Crippen molar-refractivity contribution in [3.05, 3.63) is 64.5 Å². The molecule has 26 heavy (non-hydrogen) atoms. The molecule has 2 aromatic heterocycles. The van der Waals surface area contributed by atoms with Crippen LogP contribution in [0.25, 0.3) is 11.6 Å². The average Bonchev–Trinajstić information content (AvgIpc) is 3.21. The summed E-state index contributed by atoms with van der Waals surface area (Å²) >= 11 is 0. The first-order chi connectivity index (χ1) is 12.6. The molecule has 0 bridgehead atoms. The number of hydrogen-bond acceptors (Lipinski definition) is 4. The van der Waals surface area contributed by atoms with Gasteiger partial charge in [-0.1, -0.05) is 0 Å². The van der Waals surface area contributed by atoms with Crippen LogP contribution in [0.4, 0.5) is 4.39 Å². The Morgan fingerprint density at radius 2 is 2.04 bits per heavy atom. The summed E-state index contributed by atoms with van der Waals surface area (Å²) in [6, 6.07) is 8.95. The highest BCUT2D eigenvalue weighted by molar-refractivity contribution is 5.94. The first-order valence-electron chi connectivity index (χ1n) is 8.40. The fourth-order valence-corrected chi connectivity index (χ4v) is 2.78. The van der Waals surface area contributed by atoms with Gasteiger partial charge in [0.05, 0.1) is 12.8 Å². The van der Waals surface area contributed by atoms with Gasteiger partial charge in [-0.15, -0.1) is 5.10 Å². The maximum atomic E-state index is 12.9. The van der Waals surface area contributed by atoms with Crippen LogP contribution in [0.15, 0.2) is 51.9 Å². The molecule has 8 heteroatoms. The third-order valence-corrected chi connectivity index (χ3v) is 4.24. The topological polar surface area (TPSA) is 82.1 Å². The maximum absolute atomic E-state index is 12.9. The van der Waals surface area contributed by atoms with Crippen molar-refractivity contribution in [1.29, 1.82) is 0 Å². The van der Waals surface area contributed by atoms with Crippen molar-refractivity contribution in [2.75, 3.05) is 6.54 Å². The van der Waals surface area contributed by atoms with E-state index < -0.39 is 5.82 Å². The van der Waals surface area contributed by atoms with Gasteiger partial charge < -0.3 is 9.73 Å². The van der Waals surface area contributed by atoms with E-state index in [1.54, 1.807) is 23.0 Å². The van der Waals surface area contributed by atoms with Gasteiger partial charge in [-0.3, -0.25) is 9.36 Å². The molecular formula is C18H17FN4O3. The predicted molar refractivity (Wildman–Crippen MR) is 91.2 cm³/mol. The molecule has 1 N–H and O–H groups in total.